The monoisotopic (exact) mass is 206 g/mol. The Balaban J connectivity index is 2.76. The summed E-state index contributed by atoms with van der Waals surface area (Å²) < 4.78 is 0. The highest BCUT2D eigenvalue weighted by molar-refractivity contribution is 5.73. The second-order valence-electron chi connectivity index (χ2n) is 3.78. The van der Waals surface area contributed by atoms with Gasteiger partial charge in [0.05, 0.1) is 6.07 Å². The number of hydrogen-bond donors (Lipinski definition) is 2. The van der Waals surface area contributed by atoms with Crippen molar-refractivity contribution >= 4 is 5.97 Å². The molecule has 2 atom stereocenters. The Morgan fingerprint density at radius 2 is 2.53 bits per heavy atom. The van der Waals surface area contributed by atoms with Gasteiger partial charge in [0.15, 0.2) is 0 Å². The van der Waals surface area contributed by atoms with E-state index < -0.39 is 12.0 Å². The molecule has 4 heteroatoms. The maximum absolute atomic E-state index is 10.6. The standard InChI is InChI=1S/C11H14N2O2/c1-7-2-3-8(6-12)4-9(7)5-10(13)11(14)15/h3-4,7,10H,2,5,13H2,1H3,(H,14,15)/t7?,10-/m0/s1. The lowest BCUT2D eigenvalue weighted by molar-refractivity contribution is -0.138. The minimum atomic E-state index is -1.00. The fraction of sp³-hybridized carbons (Fsp3) is 0.455. The Hall–Kier alpha value is -1.60. The van der Waals surface area contributed by atoms with Crippen LogP contribution in [0.25, 0.3) is 0 Å². The average molecular weight is 206 g/mol. The number of nitrogens with zero attached hydrogens (tertiary/aromatic N) is 1. The molecule has 0 aliphatic heterocycles. The molecule has 0 aromatic rings. The molecule has 1 aliphatic carbocycles. The molecule has 0 bridgehead atoms. The van der Waals surface area contributed by atoms with Gasteiger partial charge in [-0.05, 0) is 24.8 Å². The van der Waals surface area contributed by atoms with Crippen LogP contribution in [-0.4, -0.2) is 17.1 Å². The number of aliphatic carboxylic acids is 1. The summed E-state index contributed by atoms with van der Waals surface area (Å²) in [7, 11) is 0. The van der Waals surface area contributed by atoms with Gasteiger partial charge in [0, 0.05) is 5.57 Å². The van der Waals surface area contributed by atoms with Gasteiger partial charge in [-0.2, -0.15) is 5.26 Å². The van der Waals surface area contributed by atoms with E-state index in [1.54, 1.807) is 6.08 Å². The number of carbonyl (C=O) groups is 1. The molecule has 1 rings (SSSR count). The van der Waals surface area contributed by atoms with Crippen LogP contribution in [0.15, 0.2) is 23.3 Å². The van der Waals surface area contributed by atoms with E-state index in [4.69, 9.17) is 16.1 Å². The second kappa shape index (κ2) is 4.76. The predicted molar refractivity (Wildman–Crippen MR) is 55.8 cm³/mol. The molecule has 0 radical (unpaired) electrons. The molecule has 0 aromatic carbocycles. The molecule has 0 saturated heterocycles. The summed E-state index contributed by atoms with van der Waals surface area (Å²) in [5.74, 6) is -0.733. The van der Waals surface area contributed by atoms with E-state index in [2.05, 4.69) is 6.07 Å². The number of nitriles is 1. The van der Waals surface area contributed by atoms with Crippen LogP contribution < -0.4 is 5.73 Å². The van der Waals surface area contributed by atoms with E-state index in [1.165, 1.54) is 0 Å². The first-order chi connectivity index (χ1) is 7.04. The first kappa shape index (κ1) is 11.5. The minimum absolute atomic E-state index is 0.271. The quantitative estimate of drug-likeness (QED) is 0.726. The normalized spacial score (nSPS) is 22.3. The largest absolute Gasteiger partial charge is 0.480 e. The van der Waals surface area contributed by atoms with Crippen molar-refractivity contribution in [3.8, 4) is 6.07 Å². The smallest absolute Gasteiger partial charge is 0.320 e. The Morgan fingerprint density at radius 3 is 3.07 bits per heavy atom. The summed E-state index contributed by atoms with van der Waals surface area (Å²) in [5.41, 5.74) is 7.00. The van der Waals surface area contributed by atoms with Crippen molar-refractivity contribution in [2.45, 2.75) is 25.8 Å². The van der Waals surface area contributed by atoms with E-state index in [9.17, 15) is 4.79 Å². The zero-order valence-electron chi connectivity index (χ0n) is 8.60. The van der Waals surface area contributed by atoms with Gasteiger partial charge in [0.1, 0.15) is 6.04 Å². The van der Waals surface area contributed by atoms with Crippen LogP contribution in [0.2, 0.25) is 0 Å². The molecular formula is C11H14N2O2. The molecule has 3 N–H and O–H groups in total. The van der Waals surface area contributed by atoms with Crippen LogP contribution in [0.5, 0.6) is 0 Å². The summed E-state index contributed by atoms with van der Waals surface area (Å²) in [5, 5.41) is 17.4. The molecule has 15 heavy (non-hydrogen) atoms. The topological polar surface area (TPSA) is 87.1 Å². The number of allylic oxidation sites excluding steroid dienone is 3. The maximum Gasteiger partial charge on any atom is 0.320 e. The Labute approximate surface area is 88.7 Å². The predicted octanol–water partition coefficient (Wildman–Crippen LogP) is 1.20. The van der Waals surface area contributed by atoms with E-state index in [0.29, 0.717) is 12.0 Å². The van der Waals surface area contributed by atoms with Crippen LogP contribution in [0, 0.1) is 17.2 Å². The van der Waals surface area contributed by atoms with Crippen molar-refractivity contribution in [1.29, 1.82) is 5.26 Å². The van der Waals surface area contributed by atoms with Crippen molar-refractivity contribution in [3.63, 3.8) is 0 Å². The molecular weight excluding hydrogens is 192 g/mol. The van der Waals surface area contributed by atoms with E-state index in [1.807, 2.05) is 13.0 Å². The van der Waals surface area contributed by atoms with Crippen LogP contribution in [0.4, 0.5) is 0 Å². The number of rotatable bonds is 3. The Bertz CT molecular complexity index is 363. The van der Waals surface area contributed by atoms with Gasteiger partial charge < -0.3 is 10.8 Å². The number of carboxylic acids is 1. The van der Waals surface area contributed by atoms with Gasteiger partial charge in [-0.25, -0.2) is 0 Å². The minimum Gasteiger partial charge on any atom is -0.480 e. The fourth-order valence-corrected chi connectivity index (χ4v) is 1.54. The van der Waals surface area contributed by atoms with Crippen LogP contribution in [0.3, 0.4) is 0 Å². The Morgan fingerprint density at radius 1 is 1.87 bits per heavy atom. The molecule has 0 saturated carbocycles. The third kappa shape index (κ3) is 2.93. The lowest BCUT2D eigenvalue weighted by atomic mass is 9.86. The Kier molecular flexibility index (Phi) is 3.64. The van der Waals surface area contributed by atoms with Crippen LogP contribution in [0.1, 0.15) is 19.8 Å². The SMILES string of the molecule is CC1CC=C(C#N)C=C1C[C@H](N)C(=O)O. The molecule has 0 heterocycles. The van der Waals surface area contributed by atoms with E-state index >= 15 is 0 Å². The first-order valence-corrected chi connectivity index (χ1v) is 4.83. The van der Waals surface area contributed by atoms with Crippen LogP contribution >= 0.6 is 0 Å². The van der Waals surface area contributed by atoms with Crippen molar-refractivity contribution in [1.82, 2.24) is 0 Å². The maximum atomic E-state index is 10.6. The van der Waals surface area contributed by atoms with Gasteiger partial charge in [0.25, 0.3) is 0 Å². The average Bonchev–Trinajstić information content (AvgIpc) is 2.21. The van der Waals surface area contributed by atoms with E-state index in [-0.39, 0.29) is 5.92 Å². The van der Waals surface area contributed by atoms with Crippen molar-refractivity contribution in [2.24, 2.45) is 11.7 Å². The fourth-order valence-electron chi connectivity index (χ4n) is 1.54. The van der Waals surface area contributed by atoms with Gasteiger partial charge >= 0.3 is 5.97 Å². The van der Waals surface area contributed by atoms with Gasteiger partial charge in [-0.3, -0.25) is 4.79 Å². The third-order valence-corrected chi connectivity index (χ3v) is 2.57. The van der Waals surface area contributed by atoms with Crippen molar-refractivity contribution in [2.75, 3.05) is 0 Å². The molecule has 0 spiro atoms. The summed E-state index contributed by atoms with van der Waals surface area (Å²) in [6, 6.07) is 1.18. The highest BCUT2D eigenvalue weighted by Crippen LogP contribution is 2.26. The first-order valence-electron chi connectivity index (χ1n) is 4.83. The van der Waals surface area contributed by atoms with Crippen molar-refractivity contribution in [3.05, 3.63) is 23.3 Å². The molecule has 0 aromatic heterocycles. The zero-order chi connectivity index (χ0) is 11.4. The molecule has 80 valence electrons. The zero-order valence-corrected chi connectivity index (χ0v) is 8.60. The highest BCUT2D eigenvalue weighted by Gasteiger charge is 2.19. The van der Waals surface area contributed by atoms with E-state index in [0.717, 1.165) is 12.0 Å². The molecule has 0 amide bonds. The summed E-state index contributed by atoms with van der Waals surface area (Å²) in [6.45, 7) is 2.01. The van der Waals surface area contributed by atoms with Gasteiger partial charge in [-0.1, -0.05) is 18.6 Å². The molecule has 4 nitrogen and oxygen atoms in total. The van der Waals surface area contributed by atoms with Gasteiger partial charge in [-0.15, -0.1) is 0 Å². The number of hydrogen-bond acceptors (Lipinski definition) is 3. The van der Waals surface area contributed by atoms with Crippen molar-refractivity contribution < 1.29 is 9.90 Å². The summed E-state index contributed by atoms with van der Waals surface area (Å²) >= 11 is 0. The third-order valence-electron chi connectivity index (χ3n) is 2.57. The lowest BCUT2D eigenvalue weighted by Crippen LogP contribution is -2.31. The summed E-state index contributed by atoms with van der Waals surface area (Å²) in [6.07, 6.45) is 4.70. The number of carboxylic acid groups (broad SMARTS) is 1. The lowest BCUT2D eigenvalue weighted by Gasteiger charge is -2.19. The molecule has 0 fully saturated rings. The molecule has 1 aliphatic rings. The number of nitrogens with two attached hydrogens (primary N) is 1. The van der Waals surface area contributed by atoms with Crippen LogP contribution in [-0.2, 0) is 4.79 Å². The second-order valence-corrected chi connectivity index (χ2v) is 3.78. The highest BCUT2D eigenvalue weighted by atomic mass is 16.4. The molecule has 1 unspecified atom stereocenters. The van der Waals surface area contributed by atoms with Gasteiger partial charge in [0.2, 0.25) is 0 Å². The summed E-state index contributed by atoms with van der Waals surface area (Å²) in [4.78, 5) is 10.6.